The van der Waals surface area contributed by atoms with E-state index in [1.165, 1.54) is 12.6 Å². The molecule has 31 heavy (non-hydrogen) atoms. The van der Waals surface area contributed by atoms with Crippen LogP contribution in [-0.4, -0.2) is 38.4 Å². The maximum Gasteiger partial charge on any atom is 0.271 e. The van der Waals surface area contributed by atoms with Crippen molar-refractivity contribution in [1.29, 1.82) is 0 Å². The molecule has 7 nitrogen and oxygen atoms in total. The molecule has 3 rings (SSSR count). The summed E-state index contributed by atoms with van der Waals surface area (Å²) in [4.78, 5) is 12.4. The van der Waals surface area contributed by atoms with E-state index in [9.17, 15) is 13.2 Å². The lowest BCUT2D eigenvalue weighted by Gasteiger charge is -2.16. The maximum atomic E-state index is 12.4. The minimum Gasteiger partial charge on any atom is -0.318 e. The van der Waals surface area contributed by atoms with E-state index >= 15 is 0 Å². The Balaban J connectivity index is 1.71. The van der Waals surface area contributed by atoms with Gasteiger partial charge < -0.3 is 4.57 Å². The molecule has 1 N–H and O–H groups in total. The van der Waals surface area contributed by atoms with Crippen LogP contribution < -0.4 is 9.73 Å². The smallest absolute Gasteiger partial charge is 0.271 e. The molecule has 0 atom stereocenters. The van der Waals surface area contributed by atoms with Gasteiger partial charge in [0.05, 0.1) is 18.2 Å². The molecule has 0 aliphatic carbocycles. The fourth-order valence-electron chi connectivity index (χ4n) is 3.25. The van der Waals surface area contributed by atoms with Crippen molar-refractivity contribution in [1.82, 2.24) is 9.99 Å². The second-order valence-electron chi connectivity index (χ2n) is 7.47. The van der Waals surface area contributed by atoms with Crippen molar-refractivity contribution in [2.75, 3.05) is 17.6 Å². The van der Waals surface area contributed by atoms with Gasteiger partial charge in [0.1, 0.15) is 0 Å². The number of nitrogens with zero attached hydrogens (tertiary/aromatic N) is 3. The number of aromatic nitrogens is 1. The van der Waals surface area contributed by atoms with E-state index in [2.05, 4.69) is 46.3 Å². The van der Waals surface area contributed by atoms with Gasteiger partial charge in [-0.1, -0.05) is 17.7 Å². The molecule has 2 aromatic carbocycles. The van der Waals surface area contributed by atoms with Gasteiger partial charge in [0.25, 0.3) is 5.91 Å². The quantitative estimate of drug-likeness (QED) is 0.472. The number of aryl methyl sites for hydroxylation is 2. The molecule has 0 radical (unpaired) electrons. The van der Waals surface area contributed by atoms with E-state index in [0.717, 1.165) is 33.2 Å². The van der Waals surface area contributed by atoms with E-state index in [1.807, 2.05) is 19.9 Å². The Bertz CT molecular complexity index is 1230. The van der Waals surface area contributed by atoms with Crippen LogP contribution in [0.3, 0.4) is 0 Å². The fourth-order valence-corrected chi connectivity index (χ4v) is 3.75. The van der Waals surface area contributed by atoms with Gasteiger partial charge in [-0.3, -0.25) is 9.10 Å². The van der Waals surface area contributed by atoms with Gasteiger partial charge in [0.2, 0.25) is 10.0 Å². The number of carbonyl (C=O) groups is 1. The first-order chi connectivity index (χ1) is 14.6. The lowest BCUT2D eigenvalue weighted by Crippen LogP contribution is -2.25. The number of benzene rings is 2. The topological polar surface area (TPSA) is 83.8 Å². The summed E-state index contributed by atoms with van der Waals surface area (Å²) in [5.41, 5.74) is 8.65. The van der Waals surface area contributed by atoms with Crippen molar-refractivity contribution in [2.24, 2.45) is 5.10 Å². The molecule has 0 saturated heterocycles. The highest BCUT2D eigenvalue weighted by Crippen LogP contribution is 2.20. The Morgan fingerprint density at radius 3 is 2.23 bits per heavy atom. The molecule has 0 fully saturated rings. The first kappa shape index (κ1) is 22.3. The van der Waals surface area contributed by atoms with Crippen LogP contribution in [0.25, 0.3) is 5.69 Å². The lowest BCUT2D eigenvalue weighted by atomic mass is 10.2. The Hall–Kier alpha value is -3.39. The number of carbonyl (C=O) groups excluding carboxylic acids is 1. The van der Waals surface area contributed by atoms with E-state index < -0.39 is 10.0 Å². The molecule has 3 aromatic rings. The number of nitrogens with one attached hydrogen (secondary N) is 1. The normalized spacial score (nSPS) is 11.6. The molecule has 0 bridgehead atoms. The average molecular weight is 439 g/mol. The monoisotopic (exact) mass is 438 g/mol. The van der Waals surface area contributed by atoms with Gasteiger partial charge in [0, 0.05) is 35.2 Å². The maximum absolute atomic E-state index is 12.4. The Morgan fingerprint density at radius 1 is 1.03 bits per heavy atom. The van der Waals surface area contributed by atoms with E-state index in [4.69, 9.17) is 0 Å². The zero-order chi connectivity index (χ0) is 22.8. The highest BCUT2D eigenvalue weighted by atomic mass is 32.2. The Morgan fingerprint density at radius 2 is 1.65 bits per heavy atom. The van der Waals surface area contributed by atoms with Gasteiger partial charge in [0.15, 0.2) is 0 Å². The zero-order valence-electron chi connectivity index (χ0n) is 18.2. The van der Waals surface area contributed by atoms with Crippen molar-refractivity contribution in [3.63, 3.8) is 0 Å². The highest BCUT2D eigenvalue weighted by Gasteiger charge is 2.13. The standard InChI is InChI=1S/C23H26N4O3S/c1-16-6-10-22(11-7-16)27-17(2)14-20(18(27)3)15-24-25-23(28)19-8-12-21(13-9-19)26(4)31(5,29)30/h6-15H,1-5H3,(H,25,28)/b24-15-. The number of hydrogen-bond acceptors (Lipinski definition) is 4. The van der Waals surface area contributed by atoms with Gasteiger partial charge in [-0.2, -0.15) is 5.10 Å². The van der Waals surface area contributed by atoms with Gasteiger partial charge in [-0.15, -0.1) is 0 Å². The van der Waals surface area contributed by atoms with Gasteiger partial charge >= 0.3 is 0 Å². The second-order valence-corrected chi connectivity index (χ2v) is 9.49. The summed E-state index contributed by atoms with van der Waals surface area (Å²) in [5.74, 6) is -0.378. The number of amides is 1. The second kappa shape index (κ2) is 8.77. The summed E-state index contributed by atoms with van der Waals surface area (Å²) in [6.07, 6.45) is 2.74. The number of anilines is 1. The number of rotatable bonds is 6. The molecular formula is C23H26N4O3S. The predicted molar refractivity (Wildman–Crippen MR) is 125 cm³/mol. The van der Waals surface area contributed by atoms with E-state index in [-0.39, 0.29) is 5.91 Å². The van der Waals surface area contributed by atoms with Crippen molar-refractivity contribution >= 4 is 27.8 Å². The van der Waals surface area contributed by atoms with Gasteiger partial charge in [-0.05, 0) is 63.2 Å². The zero-order valence-corrected chi connectivity index (χ0v) is 19.1. The third-order valence-electron chi connectivity index (χ3n) is 5.12. The molecule has 0 saturated carbocycles. The average Bonchev–Trinajstić information content (AvgIpc) is 3.01. The molecule has 8 heteroatoms. The Labute approximate surface area is 183 Å². The molecule has 0 unspecified atom stereocenters. The van der Waals surface area contributed by atoms with Crippen LogP contribution in [0.5, 0.6) is 0 Å². The van der Waals surface area contributed by atoms with E-state index in [0.29, 0.717) is 11.3 Å². The van der Waals surface area contributed by atoms with Crippen LogP contribution in [0.15, 0.2) is 59.7 Å². The summed E-state index contributed by atoms with van der Waals surface area (Å²) in [5, 5.41) is 4.09. The molecule has 162 valence electrons. The SMILES string of the molecule is Cc1ccc(-n2c(C)cc(/C=N\NC(=O)c3ccc(N(C)S(C)(=O)=O)cc3)c2C)cc1. The number of sulfonamides is 1. The summed E-state index contributed by atoms with van der Waals surface area (Å²) in [6.45, 7) is 6.09. The fraction of sp³-hybridized carbons (Fsp3) is 0.217. The predicted octanol–water partition coefficient (Wildman–Crippen LogP) is 3.56. The minimum atomic E-state index is -3.35. The van der Waals surface area contributed by atoms with Crippen molar-refractivity contribution in [3.05, 3.63) is 82.7 Å². The summed E-state index contributed by atoms with van der Waals surface area (Å²) in [6, 6.07) is 16.6. The molecule has 1 aromatic heterocycles. The molecular weight excluding hydrogens is 412 g/mol. The molecule has 0 aliphatic rings. The largest absolute Gasteiger partial charge is 0.318 e. The third-order valence-corrected chi connectivity index (χ3v) is 6.33. The Kier molecular flexibility index (Phi) is 6.31. The summed E-state index contributed by atoms with van der Waals surface area (Å²) in [7, 11) is -1.89. The summed E-state index contributed by atoms with van der Waals surface area (Å²) < 4.78 is 26.5. The lowest BCUT2D eigenvalue weighted by molar-refractivity contribution is 0.0955. The first-order valence-corrected chi connectivity index (χ1v) is 11.6. The molecule has 1 heterocycles. The molecule has 1 amide bonds. The number of hydrogen-bond donors (Lipinski definition) is 1. The van der Waals surface area contributed by atoms with Crippen LogP contribution in [0.1, 0.15) is 32.9 Å². The third kappa shape index (κ3) is 5.03. The van der Waals surface area contributed by atoms with Crippen molar-refractivity contribution < 1.29 is 13.2 Å². The van der Waals surface area contributed by atoms with Crippen LogP contribution in [0.2, 0.25) is 0 Å². The van der Waals surface area contributed by atoms with Crippen LogP contribution >= 0.6 is 0 Å². The number of hydrazone groups is 1. The van der Waals surface area contributed by atoms with Crippen LogP contribution in [0.4, 0.5) is 5.69 Å². The first-order valence-electron chi connectivity index (χ1n) is 9.71. The van der Waals surface area contributed by atoms with E-state index in [1.54, 1.807) is 30.5 Å². The highest BCUT2D eigenvalue weighted by molar-refractivity contribution is 7.92. The van der Waals surface area contributed by atoms with Crippen LogP contribution in [-0.2, 0) is 10.0 Å². The van der Waals surface area contributed by atoms with Crippen molar-refractivity contribution in [2.45, 2.75) is 20.8 Å². The van der Waals surface area contributed by atoms with Gasteiger partial charge in [-0.25, -0.2) is 13.8 Å². The summed E-state index contributed by atoms with van der Waals surface area (Å²) >= 11 is 0. The van der Waals surface area contributed by atoms with Crippen LogP contribution in [0, 0.1) is 20.8 Å². The molecule has 0 aliphatic heterocycles. The molecule has 0 spiro atoms. The minimum absolute atomic E-state index is 0.378. The van der Waals surface area contributed by atoms with Crippen molar-refractivity contribution in [3.8, 4) is 5.69 Å².